The normalized spacial score (nSPS) is 37.1. The molecule has 0 saturated carbocycles. The van der Waals surface area contributed by atoms with Crippen molar-refractivity contribution in [3.8, 4) is 11.5 Å². The fourth-order valence-corrected chi connectivity index (χ4v) is 3.73. The minimum Gasteiger partial charge on any atom is -0.504 e. The second kappa shape index (κ2) is 12.2. The third-order valence-electron chi connectivity index (χ3n) is 5.80. The predicted molar refractivity (Wildman–Crippen MR) is 116 cm³/mol. The molecule has 36 heavy (non-hydrogen) atoms. The van der Waals surface area contributed by atoms with Crippen LogP contribution in [0.25, 0.3) is 6.08 Å². The molecule has 14 nitrogen and oxygen atoms in total. The van der Waals surface area contributed by atoms with Crippen LogP contribution in [0, 0.1) is 0 Å². The molecule has 2 heterocycles. The van der Waals surface area contributed by atoms with Crippen LogP contribution in [0.5, 0.6) is 11.5 Å². The summed E-state index contributed by atoms with van der Waals surface area (Å²) in [4.78, 5) is 12.1. The van der Waals surface area contributed by atoms with E-state index in [0.717, 1.165) is 6.08 Å². The van der Waals surface area contributed by atoms with Crippen molar-refractivity contribution in [3.05, 3.63) is 29.8 Å². The van der Waals surface area contributed by atoms with E-state index >= 15 is 0 Å². The summed E-state index contributed by atoms with van der Waals surface area (Å²) in [6, 6.07) is 4.37. The Kier molecular flexibility index (Phi) is 9.59. The molecule has 14 heteroatoms. The predicted octanol–water partition coefficient (Wildman–Crippen LogP) is -3.42. The highest BCUT2D eigenvalue weighted by atomic mass is 16.7. The Labute approximate surface area is 205 Å². The lowest BCUT2D eigenvalue weighted by atomic mass is 9.97. The Hall–Kier alpha value is -2.37. The summed E-state index contributed by atoms with van der Waals surface area (Å²) in [6.45, 7) is -1.30. The zero-order chi connectivity index (χ0) is 26.6. The van der Waals surface area contributed by atoms with Crippen LogP contribution >= 0.6 is 0 Å². The first-order valence-corrected chi connectivity index (χ1v) is 10.9. The number of carbonyl (C=O) groups is 1. The van der Waals surface area contributed by atoms with Gasteiger partial charge in [0.25, 0.3) is 0 Å². The molecule has 10 atom stereocenters. The molecule has 2 aliphatic heterocycles. The molecule has 2 fully saturated rings. The van der Waals surface area contributed by atoms with E-state index in [1.54, 1.807) is 0 Å². The SMILES string of the molecule is COc1cc(C=CC(=O)OC[C@H]2O[C@@H](O[C@@H]3[C@H](O)[C@@H](O)[C@H](O)O[C@@H]3CO)[C@H](O)[C@@H](O)[C@H]2O)ccc1O. The molecule has 202 valence electrons. The van der Waals surface area contributed by atoms with Gasteiger partial charge in [-0.1, -0.05) is 6.07 Å². The maximum absolute atomic E-state index is 12.1. The zero-order valence-electron chi connectivity index (χ0n) is 19.1. The van der Waals surface area contributed by atoms with Crippen LogP contribution in [0.2, 0.25) is 0 Å². The molecule has 0 unspecified atom stereocenters. The summed E-state index contributed by atoms with van der Waals surface area (Å²) in [5, 5.41) is 79.4. The Morgan fingerprint density at radius 2 is 1.69 bits per heavy atom. The molecular weight excluding hydrogens is 488 g/mol. The van der Waals surface area contributed by atoms with Gasteiger partial charge in [-0.2, -0.15) is 0 Å². The average Bonchev–Trinajstić information content (AvgIpc) is 2.87. The third kappa shape index (κ3) is 6.30. The lowest BCUT2D eigenvalue weighted by Gasteiger charge is -2.45. The van der Waals surface area contributed by atoms with E-state index in [-0.39, 0.29) is 11.5 Å². The number of hydrogen-bond acceptors (Lipinski definition) is 14. The molecule has 0 amide bonds. The standard InChI is InChI=1S/C22H30O14/c1-32-11-6-9(2-4-10(11)24)3-5-14(25)33-8-13-15(26)16(27)19(30)22(35-13)36-20-12(7-23)34-21(31)18(29)17(20)28/h2-6,12-13,15-24,26-31H,7-8H2,1H3/t12-,13-,15+,16+,17-,18-,19-,20+,21-,22+/m1/s1. The number of hydrogen-bond donors (Lipinski definition) is 8. The Morgan fingerprint density at radius 3 is 2.36 bits per heavy atom. The van der Waals surface area contributed by atoms with E-state index < -0.39 is 80.6 Å². The molecule has 2 saturated heterocycles. The minimum absolute atomic E-state index is 0.0820. The van der Waals surface area contributed by atoms with Crippen LogP contribution in [0.3, 0.4) is 0 Å². The number of aromatic hydroxyl groups is 1. The van der Waals surface area contributed by atoms with Crippen molar-refractivity contribution in [2.24, 2.45) is 0 Å². The summed E-state index contributed by atoms with van der Waals surface area (Å²) in [6.07, 6.45) is -14.1. The molecule has 0 radical (unpaired) electrons. The number of carbonyl (C=O) groups excluding carboxylic acids is 1. The lowest BCUT2D eigenvalue weighted by Crippen LogP contribution is -2.64. The highest BCUT2D eigenvalue weighted by molar-refractivity contribution is 5.87. The van der Waals surface area contributed by atoms with Crippen LogP contribution < -0.4 is 4.74 Å². The first-order chi connectivity index (χ1) is 17.1. The van der Waals surface area contributed by atoms with Gasteiger partial charge in [0.1, 0.15) is 55.4 Å². The zero-order valence-corrected chi connectivity index (χ0v) is 19.1. The molecule has 0 aliphatic carbocycles. The number of ether oxygens (including phenoxy) is 5. The summed E-state index contributed by atoms with van der Waals surface area (Å²) in [7, 11) is 1.37. The number of phenols is 1. The highest BCUT2D eigenvalue weighted by Gasteiger charge is 2.50. The van der Waals surface area contributed by atoms with Crippen molar-refractivity contribution in [1.29, 1.82) is 0 Å². The van der Waals surface area contributed by atoms with Gasteiger partial charge in [-0.15, -0.1) is 0 Å². The van der Waals surface area contributed by atoms with Gasteiger partial charge in [0.15, 0.2) is 24.1 Å². The van der Waals surface area contributed by atoms with Crippen LogP contribution in [-0.4, -0.2) is 129 Å². The van der Waals surface area contributed by atoms with Crippen molar-refractivity contribution in [2.45, 2.75) is 61.4 Å². The number of aliphatic hydroxyl groups is 7. The molecule has 0 spiro atoms. The first kappa shape index (κ1) is 28.2. The largest absolute Gasteiger partial charge is 0.504 e. The van der Waals surface area contributed by atoms with Crippen LogP contribution in [0.15, 0.2) is 24.3 Å². The Morgan fingerprint density at radius 1 is 0.972 bits per heavy atom. The molecule has 2 aliphatic rings. The minimum atomic E-state index is -1.83. The summed E-state index contributed by atoms with van der Waals surface area (Å²) in [5.41, 5.74) is 0.515. The monoisotopic (exact) mass is 518 g/mol. The van der Waals surface area contributed by atoms with E-state index in [1.807, 2.05) is 0 Å². The topological polar surface area (TPSA) is 225 Å². The third-order valence-corrected chi connectivity index (χ3v) is 5.80. The molecule has 8 N–H and O–H groups in total. The first-order valence-electron chi connectivity index (χ1n) is 10.9. The van der Waals surface area contributed by atoms with Crippen molar-refractivity contribution in [1.82, 2.24) is 0 Å². The van der Waals surface area contributed by atoms with Gasteiger partial charge >= 0.3 is 5.97 Å². The number of rotatable bonds is 8. The van der Waals surface area contributed by atoms with Crippen LogP contribution in [-0.2, 0) is 23.7 Å². The van der Waals surface area contributed by atoms with Crippen molar-refractivity contribution < 1.29 is 69.3 Å². The van der Waals surface area contributed by atoms with Crippen molar-refractivity contribution in [3.63, 3.8) is 0 Å². The van der Waals surface area contributed by atoms with E-state index in [1.165, 1.54) is 31.4 Å². The van der Waals surface area contributed by atoms with Gasteiger partial charge in [-0.05, 0) is 23.8 Å². The van der Waals surface area contributed by atoms with Gasteiger partial charge in [0, 0.05) is 6.08 Å². The Balaban J connectivity index is 1.62. The quantitative estimate of drug-likeness (QED) is 0.124. The van der Waals surface area contributed by atoms with Crippen LogP contribution in [0.4, 0.5) is 0 Å². The van der Waals surface area contributed by atoms with E-state index in [4.69, 9.17) is 23.7 Å². The number of benzene rings is 1. The fraction of sp³-hybridized carbons (Fsp3) is 0.591. The van der Waals surface area contributed by atoms with Gasteiger partial charge in [-0.25, -0.2) is 4.79 Å². The smallest absolute Gasteiger partial charge is 0.330 e. The summed E-state index contributed by atoms with van der Waals surface area (Å²) >= 11 is 0. The van der Waals surface area contributed by atoms with Gasteiger partial charge in [0.2, 0.25) is 0 Å². The molecule has 1 aromatic carbocycles. The maximum atomic E-state index is 12.1. The summed E-state index contributed by atoms with van der Waals surface area (Å²) < 4.78 is 25.9. The summed E-state index contributed by atoms with van der Waals surface area (Å²) in [5.74, 6) is -0.729. The van der Waals surface area contributed by atoms with E-state index in [2.05, 4.69) is 0 Å². The maximum Gasteiger partial charge on any atom is 0.330 e. The lowest BCUT2D eigenvalue weighted by molar-refractivity contribution is -0.355. The second-order valence-corrected chi connectivity index (χ2v) is 8.24. The van der Waals surface area contributed by atoms with Crippen LogP contribution in [0.1, 0.15) is 5.56 Å². The number of phenolic OH excluding ortho intramolecular Hbond substituents is 1. The average molecular weight is 518 g/mol. The molecule has 3 rings (SSSR count). The van der Waals surface area contributed by atoms with E-state index in [9.17, 15) is 45.6 Å². The Bertz CT molecular complexity index is 907. The number of esters is 1. The molecule has 1 aromatic rings. The number of methoxy groups -OCH3 is 1. The van der Waals surface area contributed by atoms with Gasteiger partial charge in [-0.3, -0.25) is 0 Å². The van der Waals surface area contributed by atoms with Gasteiger partial charge in [0.05, 0.1) is 13.7 Å². The fourth-order valence-electron chi connectivity index (χ4n) is 3.73. The van der Waals surface area contributed by atoms with Gasteiger partial charge < -0.3 is 64.5 Å². The second-order valence-electron chi connectivity index (χ2n) is 8.24. The highest BCUT2D eigenvalue weighted by Crippen LogP contribution is 2.29. The molecule has 0 bridgehead atoms. The molecular formula is C22H30O14. The molecule has 0 aromatic heterocycles. The van der Waals surface area contributed by atoms with E-state index in [0.29, 0.717) is 5.56 Å². The van der Waals surface area contributed by atoms with Crippen molar-refractivity contribution in [2.75, 3.05) is 20.3 Å². The van der Waals surface area contributed by atoms with Crippen molar-refractivity contribution >= 4 is 12.0 Å². The number of aliphatic hydroxyl groups excluding tert-OH is 7.